The van der Waals surface area contributed by atoms with Crippen LogP contribution in [0.15, 0.2) is 207 Å². The molecule has 0 atom stereocenters. The van der Waals surface area contributed by atoms with Crippen LogP contribution >= 0.6 is 0 Å². The van der Waals surface area contributed by atoms with Crippen molar-refractivity contribution in [1.82, 2.24) is 0 Å². The zero-order valence-corrected chi connectivity index (χ0v) is 34.6. The summed E-state index contributed by atoms with van der Waals surface area (Å²) in [4.78, 5) is 4.71. The highest BCUT2D eigenvalue weighted by Gasteiger charge is 2.27. The van der Waals surface area contributed by atoms with E-state index in [9.17, 15) is 0 Å². The van der Waals surface area contributed by atoms with Crippen LogP contribution in [0.3, 0.4) is 0 Å². The van der Waals surface area contributed by atoms with Crippen molar-refractivity contribution in [1.29, 1.82) is 0 Å². The van der Waals surface area contributed by atoms with Gasteiger partial charge in [-0.3, -0.25) is 0 Å². The fraction of sp³-hybridized carbons (Fsp3) is 0.0345. The van der Waals surface area contributed by atoms with E-state index >= 15 is 0 Å². The van der Waals surface area contributed by atoms with Crippen LogP contribution in [0, 0.1) is 13.8 Å². The lowest BCUT2D eigenvalue weighted by molar-refractivity contribution is 0.669. The van der Waals surface area contributed by atoms with Crippen molar-refractivity contribution in [2.75, 3.05) is 9.80 Å². The Kier molecular flexibility index (Phi) is 7.67. The van der Waals surface area contributed by atoms with Crippen molar-refractivity contribution < 1.29 is 13.3 Å². The predicted molar refractivity (Wildman–Crippen MR) is 262 cm³/mol. The third-order valence-electron chi connectivity index (χ3n) is 12.8. The van der Waals surface area contributed by atoms with Crippen LogP contribution in [-0.2, 0) is 0 Å². The van der Waals surface area contributed by atoms with Crippen LogP contribution in [-0.4, -0.2) is 0 Å². The normalized spacial score (nSPS) is 12.0. The number of benzene rings is 10. The van der Waals surface area contributed by atoms with E-state index in [2.05, 4.69) is 194 Å². The SMILES string of the molecule is Cc1ccc(N(c2cc3c4cc(N(c5ccc(C)cc5)c5cccc6c5oc5ccccc56)c5ccccc5c4oc3c3ccccc23)c2cccc3c2oc2ccccc23)cc1. The minimum absolute atomic E-state index is 0.835. The van der Waals surface area contributed by atoms with Gasteiger partial charge in [0.05, 0.1) is 22.7 Å². The van der Waals surface area contributed by atoms with Crippen molar-refractivity contribution in [3.63, 3.8) is 0 Å². The highest BCUT2D eigenvalue weighted by Crippen LogP contribution is 2.51. The van der Waals surface area contributed by atoms with E-state index in [1.165, 1.54) is 11.1 Å². The summed E-state index contributed by atoms with van der Waals surface area (Å²) in [6.07, 6.45) is 0. The lowest BCUT2D eigenvalue weighted by Crippen LogP contribution is -2.11. The van der Waals surface area contributed by atoms with Gasteiger partial charge in [-0.15, -0.1) is 0 Å². The molecule has 0 spiro atoms. The molecule has 10 aromatic carbocycles. The number of para-hydroxylation sites is 4. The second kappa shape index (κ2) is 13.6. The smallest absolute Gasteiger partial charge is 0.159 e. The molecule has 3 heterocycles. The summed E-state index contributed by atoms with van der Waals surface area (Å²) >= 11 is 0. The molecule has 0 unspecified atom stereocenters. The van der Waals surface area contributed by atoms with E-state index in [-0.39, 0.29) is 0 Å². The third kappa shape index (κ3) is 5.36. The Hall–Kier alpha value is -8.28. The molecule has 0 fully saturated rings. The van der Waals surface area contributed by atoms with Gasteiger partial charge in [0.15, 0.2) is 11.2 Å². The van der Waals surface area contributed by atoms with Crippen molar-refractivity contribution >= 4 is 121 Å². The summed E-state index contributed by atoms with van der Waals surface area (Å²) in [5.74, 6) is 0. The van der Waals surface area contributed by atoms with Gasteiger partial charge >= 0.3 is 0 Å². The summed E-state index contributed by atoms with van der Waals surface area (Å²) in [6.45, 7) is 4.26. The highest BCUT2D eigenvalue weighted by atomic mass is 16.3. The minimum Gasteiger partial charge on any atom is -0.455 e. The van der Waals surface area contributed by atoms with E-state index in [0.717, 1.165) is 121 Å². The van der Waals surface area contributed by atoms with Crippen LogP contribution in [0.2, 0.25) is 0 Å². The van der Waals surface area contributed by atoms with Gasteiger partial charge in [-0.1, -0.05) is 145 Å². The molecule has 0 bridgehead atoms. The van der Waals surface area contributed by atoms with Crippen LogP contribution in [0.1, 0.15) is 11.1 Å². The topological polar surface area (TPSA) is 45.9 Å². The molecule has 0 N–H and O–H groups in total. The van der Waals surface area contributed by atoms with Crippen LogP contribution in [0.5, 0.6) is 0 Å². The van der Waals surface area contributed by atoms with Gasteiger partial charge in [0, 0.05) is 65.2 Å². The zero-order valence-electron chi connectivity index (χ0n) is 34.6. The Morgan fingerprint density at radius 1 is 0.270 bits per heavy atom. The molecule has 0 saturated heterocycles. The standard InChI is InChI=1S/C58H38N2O3/c1-35-25-29-37(30-26-35)59(49-21-11-19-45-41-15-7-9-23-53(41)61-57(45)49)51-33-47-48-34-52(40-14-4-6-18-44(40)56(48)63-55(47)43-17-5-3-13-39(43)51)60(38-31-27-36(2)28-32-38)50-22-12-20-46-42-16-8-10-24-54(42)62-58(46)50/h3-34H,1-2H3. The zero-order chi connectivity index (χ0) is 41.8. The Morgan fingerprint density at radius 2 is 0.619 bits per heavy atom. The molecule has 0 radical (unpaired) electrons. The van der Waals surface area contributed by atoms with E-state index in [4.69, 9.17) is 13.3 Å². The second-order valence-electron chi connectivity index (χ2n) is 16.6. The molecule has 13 rings (SSSR count). The monoisotopic (exact) mass is 810 g/mol. The molecule has 13 aromatic rings. The average Bonchev–Trinajstić information content (AvgIpc) is 4.03. The quantitative estimate of drug-likeness (QED) is 0.167. The van der Waals surface area contributed by atoms with Gasteiger partial charge in [0.2, 0.25) is 0 Å². The number of hydrogen-bond donors (Lipinski definition) is 0. The molecule has 0 saturated carbocycles. The first-order valence-electron chi connectivity index (χ1n) is 21.4. The molecule has 3 aromatic heterocycles. The Balaban J connectivity index is 1.14. The lowest BCUT2D eigenvalue weighted by atomic mass is 9.99. The largest absolute Gasteiger partial charge is 0.455 e. The first-order valence-corrected chi connectivity index (χ1v) is 21.4. The minimum atomic E-state index is 0.835. The van der Waals surface area contributed by atoms with E-state index in [1.54, 1.807) is 0 Å². The summed E-state index contributed by atoms with van der Waals surface area (Å²) < 4.78 is 20.6. The molecule has 5 nitrogen and oxygen atoms in total. The van der Waals surface area contributed by atoms with E-state index < -0.39 is 0 Å². The number of anilines is 6. The first-order chi connectivity index (χ1) is 31.1. The summed E-state index contributed by atoms with van der Waals surface area (Å²) in [5, 5.41) is 10.6. The molecular weight excluding hydrogens is 773 g/mol. The van der Waals surface area contributed by atoms with Crippen molar-refractivity contribution in [2.24, 2.45) is 0 Å². The third-order valence-corrected chi connectivity index (χ3v) is 12.8. The number of rotatable bonds is 6. The Bertz CT molecular complexity index is 3690. The van der Waals surface area contributed by atoms with Gasteiger partial charge in [-0.05, 0) is 74.5 Å². The first kappa shape index (κ1) is 35.5. The molecule has 298 valence electrons. The van der Waals surface area contributed by atoms with Gasteiger partial charge < -0.3 is 23.1 Å². The number of nitrogens with zero attached hydrogens (tertiary/aromatic N) is 2. The molecule has 0 aliphatic rings. The van der Waals surface area contributed by atoms with Crippen LogP contribution < -0.4 is 9.80 Å². The summed E-state index contributed by atoms with van der Waals surface area (Å²) in [7, 11) is 0. The fourth-order valence-electron chi connectivity index (χ4n) is 9.77. The van der Waals surface area contributed by atoms with Gasteiger partial charge in [0.1, 0.15) is 22.3 Å². The summed E-state index contributed by atoms with van der Waals surface area (Å²) in [6, 6.07) is 68.8. The summed E-state index contributed by atoms with van der Waals surface area (Å²) in [5.41, 5.74) is 13.5. The maximum atomic E-state index is 7.15. The van der Waals surface area contributed by atoms with Crippen molar-refractivity contribution in [3.8, 4) is 0 Å². The van der Waals surface area contributed by atoms with Gasteiger partial charge in [0.25, 0.3) is 0 Å². The molecule has 5 heteroatoms. The number of furan rings is 3. The Morgan fingerprint density at radius 3 is 1.05 bits per heavy atom. The maximum Gasteiger partial charge on any atom is 0.159 e. The van der Waals surface area contributed by atoms with Crippen LogP contribution in [0.25, 0.3) is 87.4 Å². The fourth-order valence-corrected chi connectivity index (χ4v) is 9.77. The van der Waals surface area contributed by atoms with Gasteiger partial charge in [-0.25, -0.2) is 0 Å². The molecular formula is C58H38N2O3. The Labute approximate surface area is 362 Å². The molecule has 0 aliphatic heterocycles. The number of hydrogen-bond acceptors (Lipinski definition) is 5. The van der Waals surface area contributed by atoms with Crippen molar-refractivity contribution in [3.05, 3.63) is 205 Å². The maximum absolute atomic E-state index is 7.15. The molecule has 0 aliphatic carbocycles. The lowest BCUT2D eigenvalue weighted by Gasteiger charge is -2.27. The number of aryl methyl sites for hydroxylation is 2. The van der Waals surface area contributed by atoms with E-state index in [0.29, 0.717) is 0 Å². The molecule has 63 heavy (non-hydrogen) atoms. The second-order valence-corrected chi connectivity index (χ2v) is 16.6. The van der Waals surface area contributed by atoms with Gasteiger partial charge in [-0.2, -0.15) is 0 Å². The van der Waals surface area contributed by atoms with Crippen LogP contribution in [0.4, 0.5) is 34.1 Å². The predicted octanol–water partition coefficient (Wildman–Crippen LogP) is 17.2. The average molecular weight is 811 g/mol. The van der Waals surface area contributed by atoms with E-state index in [1.807, 2.05) is 24.3 Å². The highest BCUT2D eigenvalue weighted by molar-refractivity contribution is 6.26. The molecule has 0 amide bonds. The van der Waals surface area contributed by atoms with Crippen molar-refractivity contribution in [2.45, 2.75) is 13.8 Å². The number of fused-ring (bicyclic) bond motifs is 13.